The number of para-hydroxylation sites is 1. The van der Waals surface area contributed by atoms with E-state index in [2.05, 4.69) is 6.58 Å². The normalized spacial score (nSPS) is 29.3. The fraction of sp³-hybridized carbons (Fsp3) is 0.375. The number of carbonyl (C=O) groups excluding carboxylic acids is 4. The van der Waals surface area contributed by atoms with E-state index in [1.54, 1.807) is 30.4 Å². The van der Waals surface area contributed by atoms with E-state index in [-0.39, 0.29) is 42.0 Å². The van der Waals surface area contributed by atoms with Crippen LogP contribution in [0.25, 0.3) is 0 Å². The Kier molecular flexibility index (Phi) is 7.67. The summed E-state index contributed by atoms with van der Waals surface area (Å²) in [5, 5.41) is 35.5. The van der Waals surface area contributed by atoms with Crippen molar-refractivity contribution in [2.45, 2.75) is 34.9 Å². The molecule has 2 aliphatic carbocycles. The average molecular weight is 699 g/mol. The molecule has 6 rings (SSSR count). The molecule has 3 fully saturated rings. The Morgan fingerprint density at radius 3 is 2.23 bits per heavy atom. The highest BCUT2D eigenvalue weighted by Crippen LogP contribution is 2.66. The third-order valence-corrected chi connectivity index (χ3v) is 11.4. The predicted molar refractivity (Wildman–Crippen MR) is 174 cm³/mol. The molecule has 0 bridgehead atoms. The first-order valence-electron chi connectivity index (χ1n) is 14.9. The minimum atomic E-state index is -2.12. The molecule has 0 spiro atoms. The molecule has 14 nitrogen and oxygen atoms in total. The third kappa shape index (κ3) is 4.24. The number of anilines is 2. The lowest BCUT2D eigenvalue weighted by molar-refractivity contribution is -0.392. The second kappa shape index (κ2) is 11.1. The van der Waals surface area contributed by atoms with Crippen LogP contribution in [0.3, 0.4) is 0 Å². The van der Waals surface area contributed by atoms with Crippen LogP contribution in [0.4, 0.5) is 22.7 Å². The van der Waals surface area contributed by atoms with Gasteiger partial charge in [0.1, 0.15) is 5.75 Å². The monoisotopic (exact) mass is 697 g/mol. The number of amides is 4. The van der Waals surface area contributed by atoms with Crippen LogP contribution in [-0.2, 0) is 25.6 Å². The van der Waals surface area contributed by atoms with Crippen molar-refractivity contribution in [3.05, 3.63) is 86.0 Å². The Morgan fingerprint density at radius 1 is 1.04 bits per heavy atom. The molecule has 2 heterocycles. The number of halogens is 2. The third-order valence-electron chi connectivity index (χ3n) is 9.99. The maximum atomic E-state index is 14.4. The Hall–Kier alpha value is -4.82. The number of nitro groups is 2. The van der Waals surface area contributed by atoms with Gasteiger partial charge in [-0.05, 0) is 30.7 Å². The number of nitrogens with zero attached hydrogens (tertiary/aromatic N) is 5. The number of alkyl halides is 2. The number of rotatable bonds is 7. The zero-order valence-electron chi connectivity index (χ0n) is 25.9. The predicted octanol–water partition coefficient (Wildman–Crippen LogP) is 4.20. The number of aromatic hydroxyl groups is 1. The SMILES string of the molecule is C=CCc1cccc([C@H]2C3=CC[C@@H]4C(=O)N(c5cc([N+](=O)[O-])c(N(C)C)c([N+](=O)[O-])c5)C(=O)[C@@H]4[C@@H]3C[C@@]3(Cl)C(=O)N(C)C(=O)[C@@]23Cl)c1O. The molecule has 1 N–H and O–H groups in total. The minimum absolute atomic E-state index is 0.0264. The summed E-state index contributed by atoms with van der Waals surface area (Å²) in [4.78, 5) is 76.7. The van der Waals surface area contributed by atoms with Gasteiger partial charge >= 0.3 is 11.4 Å². The van der Waals surface area contributed by atoms with E-state index in [0.717, 1.165) is 17.0 Å². The van der Waals surface area contributed by atoms with E-state index in [1.807, 2.05) is 0 Å². The number of hydrogen-bond donors (Lipinski definition) is 1. The van der Waals surface area contributed by atoms with Gasteiger partial charge in [-0.15, -0.1) is 29.8 Å². The van der Waals surface area contributed by atoms with E-state index in [9.17, 15) is 44.5 Å². The molecular weight excluding hydrogens is 669 g/mol. The summed E-state index contributed by atoms with van der Waals surface area (Å²) in [7, 11) is 4.02. The highest BCUT2D eigenvalue weighted by Gasteiger charge is 2.76. The zero-order chi connectivity index (χ0) is 35.2. The number of imide groups is 2. The number of phenols is 1. The number of hydrogen-bond acceptors (Lipinski definition) is 10. The van der Waals surface area contributed by atoms with Crippen LogP contribution in [0.1, 0.15) is 29.9 Å². The first-order chi connectivity index (χ1) is 22.5. The second-order valence-corrected chi connectivity index (χ2v) is 13.8. The van der Waals surface area contributed by atoms with E-state index in [0.29, 0.717) is 16.0 Å². The standard InChI is InChI=1S/C32H29Cl2N5O9/c1-5-7-15-8-6-9-19(26(15)40)24-17-10-11-18-23(20(17)14-31(33)29(43)36(4)30(44)32(24,31)34)28(42)37(27(18)41)16-12-21(38(45)46)25(35(2)3)22(13-16)39(47)48/h5-6,8-10,12-13,18,20,23-24,40H,1,7,11,14H2,2-4H3/t18-,20+,23-,24+,31+,32-/m0/s1. The van der Waals surface area contributed by atoms with Crippen LogP contribution >= 0.6 is 23.2 Å². The molecule has 250 valence electrons. The molecule has 1 saturated carbocycles. The quantitative estimate of drug-likeness (QED) is 0.145. The van der Waals surface area contributed by atoms with Crippen LogP contribution in [0.15, 0.2) is 54.6 Å². The lowest BCUT2D eigenvalue weighted by Gasteiger charge is -2.50. The van der Waals surface area contributed by atoms with Gasteiger partial charge in [-0.25, -0.2) is 4.90 Å². The molecule has 6 atom stereocenters. The molecule has 4 amide bonds. The van der Waals surface area contributed by atoms with Gasteiger partial charge in [0.15, 0.2) is 15.4 Å². The Morgan fingerprint density at radius 2 is 1.67 bits per heavy atom. The summed E-state index contributed by atoms with van der Waals surface area (Å²) in [5.41, 5.74) is -0.962. The summed E-state index contributed by atoms with van der Waals surface area (Å²) in [6, 6.07) is 6.74. The summed E-state index contributed by atoms with van der Waals surface area (Å²) in [5.74, 6) is -7.70. The zero-order valence-corrected chi connectivity index (χ0v) is 27.4. The highest BCUT2D eigenvalue weighted by atomic mass is 35.5. The van der Waals surface area contributed by atoms with Crippen LogP contribution in [0, 0.1) is 38.0 Å². The van der Waals surface area contributed by atoms with E-state index < -0.39 is 78.3 Å². The number of allylic oxidation sites excluding steroid dienone is 3. The molecule has 2 saturated heterocycles. The van der Waals surface area contributed by atoms with Crippen molar-refractivity contribution in [3.8, 4) is 5.75 Å². The van der Waals surface area contributed by atoms with E-state index in [1.165, 1.54) is 26.0 Å². The number of phenolic OH excluding ortho intramolecular Hbond substituents is 1. The van der Waals surface area contributed by atoms with Crippen LogP contribution in [-0.4, -0.2) is 74.4 Å². The fourth-order valence-electron chi connectivity index (χ4n) is 7.96. The van der Waals surface area contributed by atoms with Crippen molar-refractivity contribution in [1.82, 2.24) is 4.90 Å². The molecule has 4 aliphatic rings. The van der Waals surface area contributed by atoms with Crippen LogP contribution in [0.5, 0.6) is 5.75 Å². The molecule has 0 aromatic heterocycles. The van der Waals surface area contributed by atoms with Crippen molar-refractivity contribution in [2.24, 2.45) is 17.8 Å². The summed E-state index contributed by atoms with van der Waals surface area (Å²) < 4.78 is 0. The molecule has 48 heavy (non-hydrogen) atoms. The molecule has 0 radical (unpaired) electrons. The Labute approximate surface area is 283 Å². The summed E-state index contributed by atoms with van der Waals surface area (Å²) in [6.45, 7) is 3.72. The van der Waals surface area contributed by atoms with Crippen molar-refractivity contribution in [2.75, 3.05) is 30.9 Å². The Bertz CT molecular complexity index is 1880. The average Bonchev–Trinajstić information content (AvgIpc) is 3.36. The number of benzene rings is 2. The van der Waals surface area contributed by atoms with Crippen LogP contribution < -0.4 is 9.80 Å². The van der Waals surface area contributed by atoms with Gasteiger partial charge in [-0.3, -0.25) is 44.3 Å². The maximum absolute atomic E-state index is 14.4. The van der Waals surface area contributed by atoms with Crippen molar-refractivity contribution in [1.29, 1.82) is 0 Å². The first-order valence-corrected chi connectivity index (χ1v) is 15.6. The van der Waals surface area contributed by atoms with Gasteiger partial charge in [0.25, 0.3) is 11.8 Å². The van der Waals surface area contributed by atoms with Gasteiger partial charge in [-0.1, -0.05) is 35.9 Å². The highest BCUT2D eigenvalue weighted by molar-refractivity contribution is 6.53. The number of fused-ring (bicyclic) bond motifs is 4. The smallest absolute Gasteiger partial charge is 0.301 e. The maximum Gasteiger partial charge on any atom is 0.301 e. The minimum Gasteiger partial charge on any atom is -0.507 e. The largest absolute Gasteiger partial charge is 0.507 e. The number of likely N-dealkylation sites (tertiary alicyclic amines) is 1. The molecule has 2 aromatic carbocycles. The molecular formula is C32H29Cl2N5O9. The van der Waals surface area contributed by atoms with Gasteiger partial charge in [-0.2, -0.15) is 0 Å². The lowest BCUT2D eigenvalue weighted by atomic mass is 9.56. The van der Waals surface area contributed by atoms with Crippen molar-refractivity contribution in [3.63, 3.8) is 0 Å². The van der Waals surface area contributed by atoms with Gasteiger partial charge in [0, 0.05) is 44.8 Å². The van der Waals surface area contributed by atoms with Crippen molar-refractivity contribution < 1.29 is 34.1 Å². The fourth-order valence-corrected chi connectivity index (χ4v) is 8.98. The molecule has 16 heteroatoms. The molecule has 2 aromatic rings. The molecule has 0 unspecified atom stereocenters. The van der Waals surface area contributed by atoms with Crippen molar-refractivity contribution >= 4 is 69.6 Å². The molecule has 2 aliphatic heterocycles. The van der Waals surface area contributed by atoms with Gasteiger partial charge < -0.3 is 10.0 Å². The Balaban J connectivity index is 1.52. The number of nitro benzene ring substituents is 2. The topological polar surface area (TPSA) is 185 Å². The van der Waals surface area contributed by atoms with Gasteiger partial charge in [0.2, 0.25) is 11.8 Å². The summed E-state index contributed by atoms with van der Waals surface area (Å²) >= 11 is 14.4. The van der Waals surface area contributed by atoms with E-state index >= 15 is 0 Å². The summed E-state index contributed by atoms with van der Waals surface area (Å²) in [6.07, 6.45) is 3.16. The van der Waals surface area contributed by atoms with E-state index in [4.69, 9.17) is 23.2 Å². The first kappa shape index (κ1) is 33.1. The number of carbonyl (C=O) groups is 4. The van der Waals surface area contributed by atoms with Gasteiger partial charge in [0.05, 0.1) is 27.4 Å². The lowest BCUT2D eigenvalue weighted by Crippen LogP contribution is -2.60. The second-order valence-electron chi connectivity index (χ2n) is 12.6. The van der Waals surface area contributed by atoms with Crippen LogP contribution in [0.2, 0.25) is 0 Å².